The Labute approximate surface area is 173 Å². The maximum atomic E-state index is 11.8. The molecule has 3 heterocycles. The molecule has 0 amide bonds. The highest BCUT2D eigenvalue weighted by molar-refractivity contribution is 5.93. The summed E-state index contributed by atoms with van der Waals surface area (Å²) in [5, 5.41) is 4.67. The molecule has 2 aromatic heterocycles. The van der Waals surface area contributed by atoms with E-state index in [-0.39, 0.29) is 12.0 Å². The molecule has 0 spiro atoms. The molecule has 0 saturated carbocycles. The van der Waals surface area contributed by atoms with E-state index in [1.165, 1.54) is 7.11 Å². The Morgan fingerprint density at radius 1 is 1.23 bits per heavy atom. The van der Waals surface area contributed by atoms with Crippen molar-refractivity contribution in [3.63, 3.8) is 0 Å². The minimum absolute atomic E-state index is 0.121. The van der Waals surface area contributed by atoms with E-state index < -0.39 is 0 Å². The van der Waals surface area contributed by atoms with E-state index >= 15 is 0 Å². The minimum Gasteiger partial charge on any atom is -0.465 e. The highest BCUT2D eigenvalue weighted by Crippen LogP contribution is 2.26. The summed E-state index contributed by atoms with van der Waals surface area (Å²) in [5.41, 5.74) is 4.42. The van der Waals surface area contributed by atoms with Crippen molar-refractivity contribution >= 4 is 27.9 Å². The second-order valence-electron chi connectivity index (χ2n) is 7.43. The number of nitrogens with zero attached hydrogens (tertiary/aromatic N) is 3. The highest BCUT2D eigenvalue weighted by atomic mass is 16.5. The van der Waals surface area contributed by atoms with Gasteiger partial charge in [-0.2, -0.15) is 0 Å². The Hall–Kier alpha value is -3.29. The van der Waals surface area contributed by atoms with Gasteiger partial charge in [-0.15, -0.1) is 0 Å². The van der Waals surface area contributed by atoms with Crippen molar-refractivity contribution in [2.45, 2.75) is 19.2 Å². The van der Waals surface area contributed by atoms with Gasteiger partial charge in [-0.05, 0) is 35.9 Å². The van der Waals surface area contributed by atoms with Crippen LogP contribution in [0.2, 0.25) is 0 Å². The van der Waals surface area contributed by atoms with Gasteiger partial charge in [0.15, 0.2) is 0 Å². The molecule has 1 atom stereocenters. The van der Waals surface area contributed by atoms with Gasteiger partial charge in [0.1, 0.15) is 12.4 Å². The van der Waals surface area contributed by atoms with Gasteiger partial charge in [-0.1, -0.05) is 18.2 Å². The van der Waals surface area contributed by atoms with E-state index in [4.69, 9.17) is 9.47 Å². The average Bonchev–Trinajstić information content (AvgIpc) is 3.17. The van der Waals surface area contributed by atoms with Crippen LogP contribution in [0.25, 0.3) is 21.9 Å². The smallest absolute Gasteiger partial charge is 0.337 e. The molecular formula is C23H22N4O3. The summed E-state index contributed by atoms with van der Waals surface area (Å²) >= 11 is 0. The monoisotopic (exact) mass is 402 g/mol. The summed E-state index contributed by atoms with van der Waals surface area (Å²) in [6.07, 6.45) is 1.92. The number of fused-ring (bicyclic) bond motifs is 4. The first kappa shape index (κ1) is 18.7. The van der Waals surface area contributed by atoms with Gasteiger partial charge in [0.2, 0.25) is 0 Å². The number of rotatable bonds is 5. The SMILES string of the molecule is COC(=O)c1ccc2c(c1)nc1n2C(CNCc2cnc3ccccc3c2)COC1. The second-order valence-corrected chi connectivity index (χ2v) is 7.43. The summed E-state index contributed by atoms with van der Waals surface area (Å²) in [4.78, 5) is 21.0. The third-order valence-corrected chi connectivity index (χ3v) is 5.45. The van der Waals surface area contributed by atoms with Crippen molar-refractivity contribution in [2.24, 2.45) is 0 Å². The number of nitrogens with one attached hydrogen (secondary N) is 1. The van der Waals surface area contributed by atoms with Crippen LogP contribution in [-0.2, 0) is 22.6 Å². The lowest BCUT2D eigenvalue weighted by Crippen LogP contribution is -2.32. The van der Waals surface area contributed by atoms with Gasteiger partial charge in [0.25, 0.3) is 0 Å². The number of esters is 1. The summed E-state index contributed by atoms with van der Waals surface area (Å²) < 4.78 is 12.8. The van der Waals surface area contributed by atoms with Gasteiger partial charge in [0, 0.05) is 24.7 Å². The zero-order chi connectivity index (χ0) is 20.5. The van der Waals surface area contributed by atoms with Gasteiger partial charge in [-0.3, -0.25) is 4.98 Å². The van der Waals surface area contributed by atoms with Crippen LogP contribution >= 0.6 is 0 Å². The van der Waals surface area contributed by atoms with Crippen LogP contribution < -0.4 is 5.32 Å². The molecule has 0 aliphatic carbocycles. The number of aromatic nitrogens is 3. The molecule has 4 aromatic rings. The van der Waals surface area contributed by atoms with Crippen LogP contribution in [0, 0.1) is 0 Å². The Balaban J connectivity index is 1.34. The topological polar surface area (TPSA) is 78.3 Å². The van der Waals surface area contributed by atoms with Crippen LogP contribution in [0.5, 0.6) is 0 Å². The third kappa shape index (κ3) is 3.42. The highest BCUT2D eigenvalue weighted by Gasteiger charge is 2.24. The number of imidazole rings is 1. The number of methoxy groups -OCH3 is 1. The molecular weight excluding hydrogens is 380 g/mol. The molecule has 0 fully saturated rings. The fraction of sp³-hybridized carbons (Fsp3) is 0.261. The molecule has 1 aliphatic heterocycles. The molecule has 152 valence electrons. The van der Waals surface area contributed by atoms with Crippen LogP contribution in [0.1, 0.15) is 27.8 Å². The molecule has 1 aliphatic rings. The summed E-state index contributed by atoms with van der Waals surface area (Å²) in [7, 11) is 1.38. The lowest BCUT2D eigenvalue weighted by atomic mass is 10.1. The molecule has 0 bridgehead atoms. The number of benzene rings is 2. The Morgan fingerprint density at radius 3 is 3.03 bits per heavy atom. The standard InChI is InChI=1S/C23H22N4O3/c1-29-23(28)17-6-7-21-20(9-17)26-22-14-30-13-18(27(21)22)12-24-10-15-8-16-4-2-3-5-19(16)25-11-15/h2-9,11,18,24H,10,12-14H2,1H3. The van der Waals surface area contributed by atoms with Gasteiger partial charge < -0.3 is 19.4 Å². The van der Waals surface area contributed by atoms with Gasteiger partial charge in [0.05, 0.1) is 41.9 Å². The maximum Gasteiger partial charge on any atom is 0.337 e. The fourth-order valence-electron chi connectivity index (χ4n) is 4.01. The van der Waals surface area contributed by atoms with Crippen LogP contribution in [-0.4, -0.2) is 40.8 Å². The van der Waals surface area contributed by atoms with E-state index in [1.807, 2.05) is 30.5 Å². The lowest BCUT2D eigenvalue weighted by molar-refractivity contribution is 0.0564. The van der Waals surface area contributed by atoms with Crippen molar-refractivity contribution < 1.29 is 14.3 Å². The number of carbonyl (C=O) groups is 1. The third-order valence-electron chi connectivity index (χ3n) is 5.45. The van der Waals surface area contributed by atoms with E-state index in [9.17, 15) is 4.79 Å². The Morgan fingerprint density at radius 2 is 2.13 bits per heavy atom. The summed E-state index contributed by atoms with van der Waals surface area (Å²) in [6, 6.07) is 15.9. The minimum atomic E-state index is -0.360. The molecule has 30 heavy (non-hydrogen) atoms. The molecule has 0 radical (unpaired) electrons. The number of pyridine rings is 1. The van der Waals surface area contributed by atoms with Crippen molar-refractivity contribution in [3.8, 4) is 0 Å². The zero-order valence-electron chi connectivity index (χ0n) is 16.7. The molecule has 0 saturated heterocycles. The maximum absolute atomic E-state index is 11.8. The van der Waals surface area contributed by atoms with Gasteiger partial charge in [-0.25, -0.2) is 9.78 Å². The second kappa shape index (κ2) is 7.85. The van der Waals surface area contributed by atoms with Crippen molar-refractivity contribution in [3.05, 3.63) is 71.7 Å². The molecule has 7 nitrogen and oxygen atoms in total. The Kier molecular flexibility index (Phi) is 4.90. The fourth-order valence-corrected chi connectivity index (χ4v) is 4.01. The normalized spacial score (nSPS) is 16.0. The van der Waals surface area contributed by atoms with E-state index in [0.717, 1.165) is 46.4 Å². The number of hydrogen-bond acceptors (Lipinski definition) is 6. The van der Waals surface area contributed by atoms with Crippen LogP contribution in [0.15, 0.2) is 54.7 Å². The van der Waals surface area contributed by atoms with E-state index in [2.05, 4.69) is 32.0 Å². The van der Waals surface area contributed by atoms with Crippen molar-refractivity contribution in [1.82, 2.24) is 19.9 Å². The van der Waals surface area contributed by atoms with Crippen molar-refractivity contribution in [1.29, 1.82) is 0 Å². The summed E-state index contributed by atoms with van der Waals surface area (Å²) in [5.74, 6) is 0.513. The molecule has 2 aromatic carbocycles. The quantitative estimate of drug-likeness (QED) is 0.517. The number of hydrogen-bond donors (Lipinski definition) is 1. The predicted octanol–water partition coefficient (Wildman–Crippen LogP) is 3.23. The molecule has 1 unspecified atom stereocenters. The van der Waals surface area contributed by atoms with Crippen molar-refractivity contribution in [2.75, 3.05) is 20.3 Å². The summed E-state index contributed by atoms with van der Waals surface area (Å²) in [6.45, 7) is 2.54. The molecule has 7 heteroatoms. The van der Waals surface area contributed by atoms with E-state index in [1.54, 1.807) is 12.1 Å². The van der Waals surface area contributed by atoms with Crippen LogP contribution in [0.4, 0.5) is 0 Å². The Bertz CT molecular complexity index is 1230. The first-order valence-corrected chi connectivity index (χ1v) is 9.94. The lowest BCUT2D eigenvalue weighted by Gasteiger charge is -2.26. The molecule has 1 N–H and O–H groups in total. The number of para-hydroxylation sites is 1. The first-order valence-electron chi connectivity index (χ1n) is 9.94. The van der Waals surface area contributed by atoms with Crippen LogP contribution in [0.3, 0.4) is 0 Å². The molecule has 5 rings (SSSR count). The predicted molar refractivity (Wildman–Crippen MR) is 113 cm³/mol. The zero-order valence-corrected chi connectivity index (χ0v) is 16.7. The van der Waals surface area contributed by atoms with E-state index in [0.29, 0.717) is 18.8 Å². The number of carbonyl (C=O) groups excluding carboxylic acids is 1. The number of ether oxygens (including phenoxy) is 2. The first-order chi connectivity index (χ1) is 14.7. The average molecular weight is 402 g/mol. The van der Waals surface area contributed by atoms with Gasteiger partial charge >= 0.3 is 5.97 Å². The largest absolute Gasteiger partial charge is 0.465 e.